The van der Waals surface area contributed by atoms with Crippen molar-refractivity contribution in [3.63, 3.8) is 0 Å². The van der Waals surface area contributed by atoms with Gasteiger partial charge in [-0.15, -0.1) is 0 Å². The molecule has 2 atom stereocenters. The van der Waals surface area contributed by atoms with Crippen LogP contribution in [0.5, 0.6) is 0 Å². The predicted octanol–water partition coefficient (Wildman–Crippen LogP) is 2.56. The summed E-state index contributed by atoms with van der Waals surface area (Å²) >= 11 is 1.74. The molecular weight excluding hydrogens is 298 g/mol. The largest absolute Gasteiger partial charge is 0.385 e. The Hall–Kier alpha value is -1.11. The number of urea groups is 1. The maximum Gasteiger partial charge on any atom is 0.317 e. The van der Waals surface area contributed by atoms with E-state index in [1.54, 1.807) is 18.4 Å². The fraction of sp³-hybridized carbons (Fsp3) is 0.688. The van der Waals surface area contributed by atoms with E-state index in [0.717, 1.165) is 32.6 Å². The Morgan fingerprint density at radius 3 is 2.68 bits per heavy atom. The van der Waals surface area contributed by atoms with Crippen molar-refractivity contribution >= 4 is 17.4 Å². The molecule has 2 unspecified atom stereocenters. The number of nitrogens with one attached hydrogen (secondary N) is 1. The van der Waals surface area contributed by atoms with E-state index in [2.05, 4.69) is 34.0 Å². The molecule has 0 aromatic carbocycles. The van der Waals surface area contributed by atoms with Crippen molar-refractivity contribution in [2.45, 2.75) is 32.4 Å². The third-order valence-electron chi connectivity index (χ3n) is 4.30. The third kappa shape index (κ3) is 4.69. The zero-order valence-electron chi connectivity index (χ0n) is 13.7. The Bertz CT molecular complexity index is 444. The summed E-state index contributed by atoms with van der Waals surface area (Å²) in [4.78, 5) is 16.6. The first kappa shape index (κ1) is 17.2. The average molecular weight is 325 g/mol. The van der Waals surface area contributed by atoms with Gasteiger partial charge in [-0.25, -0.2) is 4.79 Å². The van der Waals surface area contributed by atoms with Crippen molar-refractivity contribution in [3.05, 3.63) is 22.4 Å². The highest BCUT2D eigenvalue weighted by atomic mass is 32.1. The minimum atomic E-state index is 0.0476. The molecule has 2 heterocycles. The lowest BCUT2D eigenvalue weighted by molar-refractivity contribution is 0.111. The van der Waals surface area contributed by atoms with Crippen LogP contribution in [0.4, 0.5) is 4.79 Å². The van der Waals surface area contributed by atoms with E-state index in [0.29, 0.717) is 12.6 Å². The molecule has 1 N–H and O–H groups in total. The first-order valence-electron chi connectivity index (χ1n) is 7.92. The minimum absolute atomic E-state index is 0.0476. The zero-order chi connectivity index (χ0) is 15.9. The molecule has 5 nitrogen and oxygen atoms in total. The normalized spacial score (nSPS) is 19.0. The second-order valence-corrected chi connectivity index (χ2v) is 6.67. The highest BCUT2D eigenvalue weighted by molar-refractivity contribution is 7.07. The molecular formula is C16H27N3O2S. The maximum absolute atomic E-state index is 12.2. The summed E-state index contributed by atoms with van der Waals surface area (Å²) in [6, 6.07) is 2.81. The number of methoxy groups -OCH3 is 1. The summed E-state index contributed by atoms with van der Waals surface area (Å²) in [6.07, 6.45) is 0.845. The number of hydrogen-bond acceptors (Lipinski definition) is 4. The molecule has 1 aliphatic heterocycles. The molecule has 1 fully saturated rings. The van der Waals surface area contributed by atoms with Crippen molar-refractivity contribution in [3.8, 4) is 0 Å². The smallest absolute Gasteiger partial charge is 0.317 e. The lowest BCUT2D eigenvalue weighted by atomic mass is 10.1. The Balaban J connectivity index is 1.75. The lowest BCUT2D eigenvalue weighted by Gasteiger charge is -2.38. The number of carbonyl (C=O) groups is 1. The van der Waals surface area contributed by atoms with Crippen molar-refractivity contribution in [1.82, 2.24) is 15.1 Å². The molecule has 124 valence electrons. The van der Waals surface area contributed by atoms with E-state index < -0.39 is 0 Å². The van der Waals surface area contributed by atoms with Crippen LogP contribution >= 0.6 is 11.3 Å². The van der Waals surface area contributed by atoms with Crippen LogP contribution in [0.1, 0.15) is 31.9 Å². The predicted molar refractivity (Wildman–Crippen MR) is 90.4 cm³/mol. The molecule has 1 aliphatic rings. The molecule has 0 spiro atoms. The van der Waals surface area contributed by atoms with Crippen LogP contribution < -0.4 is 5.32 Å². The van der Waals surface area contributed by atoms with Gasteiger partial charge in [-0.05, 0) is 42.7 Å². The second kappa shape index (κ2) is 8.50. The van der Waals surface area contributed by atoms with Crippen molar-refractivity contribution in [1.29, 1.82) is 0 Å². The number of ether oxygens (including phenoxy) is 1. The van der Waals surface area contributed by atoms with Crippen molar-refractivity contribution in [2.24, 2.45) is 0 Å². The van der Waals surface area contributed by atoms with E-state index in [-0.39, 0.29) is 12.1 Å². The standard InChI is InChI=1S/C16H27N3O2S/c1-13(4-10-21-3)17-16(20)19-8-6-18(7-9-19)14(2)15-5-11-22-12-15/h5,11-14H,4,6-10H2,1-3H3,(H,17,20). The highest BCUT2D eigenvalue weighted by Gasteiger charge is 2.25. The quantitative estimate of drug-likeness (QED) is 0.874. The number of hydrogen-bond donors (Lipinski definition) is 1. The molecule has 0 saturated carbocycles. The molecule has 0 radical (unpaired) electrons. The van der Waals surface area contributed by atoms with Crippen LogP contribution in [0.25, 0.3) is 0 Å². The molecule has 0 bridgehead atoms. The number of carbonyl (C=O) groups excluding carboxylic acids is 1. The van der Waals surface area contributed by atoms with Gasteiger partial charge in [0.1, 0.15) is 0 Å². The van der Waals surface area contributed by atoms with Gasteiger partial charge in [0.05, 0.1) is 0 Å². The second-order valence-electron chi connectivity index (χ2n) is 5.89. The van der Waals surface area contributed by atoms with E-state index in [1.165, 1.54) is 5.56 Å². The Morgan fingerprint density at radius 1 is 1.36 bits per heavy atom. The molecule has 22 heavy (non-hydrogen) atoms. The summed E-state index contributed by atoms with van der Waals surface area (Å²) in [5.41, 5.74) is 1.37. The van der Waals surface area contributed by atoms with Crippen LogP contribution in [-0.4, -0.2) is 61.8 Å². The summed E-state index contributed by atoms with van der Waals surface area (Å²) in [7, 11) is 1.68. The van der Waals surface area contributed by atoms with Gasteiger partial charge in [0.2, 0.25) is 0 Å². The van der Waals surface area contributed by atoms with Crippen molar-refractivity contribution < 1.29 is 9.53 Å². The maximum atomic E-state index is 12.2. The van der Waals surface area contributed by atoms with Crippen LogP contribution in [0.15, 0.2) is 16.8 Å². The van der Waals surface area contributed by atoms with Gasteiger partial charge in [0.15, 0.2) is 0 Å². The summed E-state index contributed by atoms with van der Waals surface area (Å²) in [5.74, 6) is 0. The van der Waals surface area contributed by atoms with Gasteiger partial charge >= 0.3 is 6.03 Å². The number of piperazine rings is 1. The molecule has 6 heteroatoms. The summed E-state index contributed by atoms with van der Waals surface area (Å²) in [5, 5.41) is 7.38. The Morgan fingerprint density at radius 2 is 2.09 bits per heavy atom. The summed E-state index contributed by atoms with van der Waals surface area (Å²) in [6.45, 7) is 8.37. The van der Waals surface area contributed by atoms with Gasteiger partial charge in [-0.3, -0.25) is 4.90 Å². The Labute approximate surface area is 137 Å². The fourth-order valence-electron chi connectivity index (χ4n) is 2.70. The monoisotopic (exact) mass is 325 g/mol. The SMILES string of the molecule is COCCC(C)NC(=O)N1CCN(C(C)c2ccsc2)CC1. The van der Waals surface area contributed by atoms with Crippen LogP contribution in [-0.2, 0) is 4.74 Å². The topological polar surface area (TPSA) is 44.8 Å². The van der Waals surface area contributed by atoms with Gasteiger partial charge in [0, 0.05) is 52.0 Å². The Kier molecular flexibility index (Phi) is 6.67. The van der Waals surface area contributed by atoms with E-state index in [4.69, 9.17) is 4.74 Å². The van der Waals surface area contributed by atoms with E-state index >= 15 is 0 Å². The lowest BCUT2D eigenvalue weighted by Crippen LogP contribution is -2.53. The molecule has 1 aromatic rings. The van der Waals surface area contributed by atoms with Crippen LogP contribution in [0.2, 0.25) is 0 Å². The molecule has 2 rings (SSSR count). The fourth-order valence-corrected chi connectivity index (χ4v) is 3.45. The summed E-state index contributed by atoms with van der Waals surface area (Å²) < 4.78 is 5.04. The molecule has 2 amide bonds. The van der Waals surface area contributed by atoms with Gasteiger partial charge in [-0.1, -0.05) is 0 Å². The van der Waals surface area contributed by atoms with Gasteiger partial charge < -0.3 is 15.0 Å². The van der Waals surface area contributed by atoms with Crippen molar-refractivity contribution in [2.75, 3.05) is 39.9 Å². The number of amides is 2. The number of nitrogens with zero attached hydrogens (tertiary/aromatic N) is 2. The van der Waals surface area contributed by atoms with Gasteiger partial charge in [0.25, 0.3) is 0 Å². The highest BCUT2D eigenvalue weighted by Crippen LogP contribution is 2.23. The van der Waals surface area contributed by atoms with Crippen LogP contribution in [0.3, 0.4) is 0 Å². The first-order chi connectivity index (χ1) is 10.6. The number of thiophene rings is 1. The third-order valence-corrected chi connectivity index (χ3v) is 5.00. The van der Waals surface area contributed by atoms with Crippen LogP contribution in [0, 0.1) is 0 Å². The number of rotatable bonds is 6. The first-order valence-corrected chi connectivity index (χ1v) is 8.86. The minimum Gasteiger partial charge on any atom is -0.385 e. The van der Waals surface area contributed by atoms with E-state index in [9.17, 15) is 4.79 Å². The molecule has 1 saturated heterocycles. The average Bonchev–Trinajstić information content (AvgIpc) is 3.06. The molecule has 1 aromatic heterocycles. The molecule has 0 aliphatic carbocycles. The van der Waals surface area contributed by atoms with Gasteiger partial charge in [-0.2, -0.15) is 11.3 Å². The zero-order valence-corrected chi connectivity index (χ0v) is 14.6. The van der Waals surface area contributed by atoms with E-state index in [1.807, 2.05) is 11.8 Å².